The molecule has 0 radical (unpaired) electrons. The number of hydrogen-bond acceptors (Lipinski definition) is 10. The Morgan fingerprint density at radius 1 is 1.09 bits per heavy atom. The van der Waals surface area contributed by atoms with Gasteiger partial charge < -0.3 is 34.6 Å². The molecule has 1 saturated heterocycles. The molecule has 3 fully saturated rings. The molecule has 0 amide bonds. The van der Waals surface area contributed by atoms with Crippen LogP contribution in [0.25, 0.3) is 0 Å². The van der Waals surface area contributed by atoms with Crippen molar-refractivity contribution in [3.8, 4) is 0 Å². The van der Waals surface area contributed by atoms with Crippen LogP contribution in [0, 0.1) is 16.7 Å². The zero-order valence-corrected chi connectivity index (χ0v) is 20.3. The summed E-state index contributed by atoms with van der Waals surface area (Å²) in [5, 5.41) is 46.1. The molecule has 3 aliphatic carbocycles. The molecule has 4 N–H and O–H groups in total. The van der Waals surface area contributed by atoms with Crippen molar-refractivity contribution in [3.05, 3.63) is 11.1 Å². The van der Waals surface area contributed by atoms with Gasteiger partial charge in [0.1, 0.15) is 11.7 Å². The van der Waals surface area contributed by atoms with Gasteiger partial charge in [-0.3, -0.25) is 14.4 Å². The van der Waals surface area contributed by atoms with Gasteiger partial charge in [0.25, 0.3) is 0 Å². The van der Waals surface area contributed by atoms with Gasteiger partial charge in [-0.25, -0.2) is 0 Å². The van der Waals surface area contributed by atoms with Crippen LogP contribution in [0.4, 0.5) is 0 Å². The van der Waals surface area contributed by atoms with E-state index in [0.717, 1.165) is 6.92 Å². The molecule has 0 aromatic rings. The van der Waals surface area contributed by atoms with Crippen LogP contribution in [0.15, 0.2) is 11.1 Å². The quantitative estimate of drug-likeness (QED) is 0.306. The highest BCUT2D eigenvalue weighted by Gasteiger charge is 2.77. The van der Waals surface area contributed by atoms with Gasteiger partial charge in [0.2, 0.25) is 0 Å². The fourth-order valence-corrected chi connectivity index (χ4v) is 7.03. The standard InChI is InChI=1S/C24H34O10/c1-10-13(27)8-24(31)20(30)18-22(6,14(28)7-15-23(18,9-32-15)34-12(3)26)19(29)17(33-11(2)25)16(10)21(24,4)5/h13-15,17-18,20,27-28,30-31H,7-9H2,1-6H3/t13-,14-,15+,17+,18-,20-,22+,23-,24+/m0/s1. The zero-order chi connectivity index (χ0) is 25.6. The second-order valence-electron chi connectivity index (χ2n) is 11.0. The molecule has 4 rings (SSSR count). The van der Waals surface area contributed by atoms with Gasteiger partial charge in [0.05, 0.1) is 30.3 Å². The number of ether oxygens (including phenoxy) is 3. The normalized spacial score (nSPS) is 47.4. The Kier molecular flexibility index (Phi) is 5.62. The second-order valence-corrected chi connectivity index (χ2v) is 11.0. The number of esters is 2. The SMILES string of the molecule is CC(=O)O[C@H]1C(=O)[C@@]2(C)[C@H]([C@H](O)[C@]3(O)C[C@H](O)C(C)=C1C3(C)C)[C@]1(OC(C)=O)CO[C@@H]1C[C@@H]2O. The van der Waals surface area contributed by atoms with Crippen molar-refractivity contribution < 1.29 is 49.0 Å². The van der Waals surface area contributed by atoms with Crippen LogP contribution < -0.4 is 0 Å². The van der Waals surface area contributed by atoms with Crippen LogP contribution in [0.2, 0.25) is 0 Å². The highest BCUT2D eigenvalue weighted by molar-refractivity contribution is 5.95. The maximum Gasteiger partial charge on any atom is 0.303 e. The van der Waals surface area contributed by atoms with Crippen molar-refractivity contribution in [3.63, 3.8) is 0 Å². The Balaban J connectivity index is 2.05. The largest absolute Gasteiger partial charge is 0.454 e. The Morgan fingerprint density at radius 3 is 2.21 bits per heavy atom. The van der Waals surface area contributed by atoms with Crippen LogP contribution in [0.1, 0.15) is 54.4 Å². The lowest BCUT2D eigenvalue weighted by atomic mass is 9.44. The van der Waals surface area contributed by atoms with Gasteiger partial charge in [-0.1, -0.05) is 13.8 Å². The predicted molar refractivity (Wildman–Crippen MR) is 115 cm³/mol. The molecule has 1 heterocycles. The number of aliphatic hydroxyl groups is 4. The smallest absolute Gasteiger partial charge is 0.303 e. The molecule has 9 atom stereocenters. The third-order valence-corrected chi connectivity index (χ3v) is 9.00. The summed E-state index contributed by atoms with van der Waals surface area (Å²) in [5.41, 5.74) is -6.11. The Hall–Kier alpha value is -1.85. The van der Waals surface area contributed by atoms with E-state index in [4.69, 9.17) is 14.2 Å². The van der Waals surface area contributed by atoms with E-state index in [9.17, 15) is 34.8 Å². The van der Waals surface area contributed by atoms with Crippen LogP contribution >= 0.6 is 0 Å². The highest BCUT2D eigenvalue weighted by atomic mass is 16.6. The van der Waals surface area contributed by atoms with Crippen molar-refractivity contribution in [2.45, 2.75) is 96.1 Å². The van der Waals surface area contributed by atoms with E-state index in [1.807, 2.05) is 0 Å². The minimum atomic E-state index is -2.03. The summed E-state index contributed by atoms with van der Waals surface area (Å²) in [6, 6.07) is 0. The number of ketones is 1. The molecule has 0 spiro atoms. The summed E-state index contributed by atoms with van der Waals surface area (Å²) in [6.45, 7) is 8.44. The minimum absolute atomic E-state index is 0.0615. The molecule has 2 bridgehead atoms. The van der Waals surface area contributed by atoms with Gasteiger partial charge in [-0.05, 0) is 25.0 Å². The van der Waals surface area contributed by atoms with Crippen molar-refractivity contribution in [1.82, 2.24) is 0 Å². The molecule has 0 aromatic heterocycles. The molecular weight excluding hydrogens is 448 g/mol. The first kappa shape index (κ1) is 25.2. The second kappa shape index (κ2) is 7.57. The molecule has 10 nitrogen and oxygen atoms in total. The lowest BCUT2D eigenvalue weighted by Gasteiger charge is -2.67. The highest BCUT2D eigenvalue weighted by Crippen LogP contribution is 2.63. The summed E-state index contributed by atoms with van der Waals surface area (Å²) >= 11 is 0. The first-order chi connectivity index (χ1) is 15.6. The third-order valence-electron chi connectivity index (χ3n) is 9.00. The summed E-state index contributed by atoms with van der Waals surface area (Å²) in [5.74, 6) is -3.44. The van der Waals surface area contributed by atoms with Crippen LogP contribution in [-0.4, -0.2) is 86.5 Å². The van der Waals surface area contributed by atoms with Gasteiger partial charge >= 0.3 is 11.9 Å². The lowest BCUT2D eigenvalue weighted by molar-refractivity contribution is -0.346. The Labute approximate surface area is 197 Å². The molecule has 2 saturated carbocycles. The van der Waals surface area contributed by atoms with E-state index in [-0.39, 0.29) is 25.0 Å². The maximum atomic E-state index is 14.3. The summed E-state index contributed by atoms with van der Waals surface area (Å²) < 4.78 is 16.8. The summed E-state index contributed by atoms with van der Waals surface area (Å²) in [7, 11) is 0. The average molecular weight is 483 g/mol. The number of carbonyl (C=O) groups is 3. The first-order valence-corrected chi connectivity index (χ1v) is 11.6. The van der Waals surface area contributed by atoms with Gasteiger partial charge in [0.15, 0.2) is 17.5 Å². The predicted octanol–water partition coefficient (Wildman–Crippen LogP) is -0.212. The summed E-state index contributed by atoms with van der Waals surface area (Å²) in [6.07, 6.45) is -6.98. The number of Topliss-reactive ketones (excluding diaryl/α,β-unsaturated/α-hetero) is 1. The number of aliphatic hydroxyl groups excluding tert-OH is 3. The summed E-state index contributed by atoms with van der Waals surface area (Å²) in [4.78, 5) is 38.5. The van der Waals surface area contributed by atoms with Crippen molar-refractivity contribution in [2.75, 3.05) is 6.61 Å². The van der Waals surface area contributed by atoms with Crippen LogP contribution in [-0.2, 0) is 28.6 Å². The van der Waals surface area contributed by atoms with Crippen molar-refractivity contribution in [1.29, 1.82) is 0 Å². The van der Waals surface area contributed by atoms with Gasteiger partial charge in [-0.2, -0.15) is 0 Å². The maximum absolute atomic E-state index is 14.3. The minimum Gasteiger partial charge on any atom is -0.454 e. The van der Waals surface area contributed by atoms with Gasteiger partial charge in [-0.15, -0.1) is 0 Å². The lowest BCUT2D eigenvalue weighted by Crippen LogP contribution is -2.81. The van der Waals surface area contributed by atoms with E-state index in [0.29, 0.717) is 5.57 Å². The molecule has 0 aromatic carbocycles. The number of fused-ring (bicyclic) bond motifs is 5. The number of hydrogen-bond donors (Lipinski definition) is 4. The zero-order valence-electron chi connectivity index (χ0n) is 20.3. The van der Waals surface area contributed by atoms with E-state index in [2.05, 4.69) is 0 Å². The van der Waals surface area contributed by atoms with E-state index in [1.165, 1.54) is 13.8 Å². The Bertz CT molecular complexity index is 971. The third kappa shape index (κ3) is 2.95. The topological polar surface area (TPSA) is 160 Å². The van der Waals surface area contributed by atoms with Gasteiger partial charge in [0, 0.05) is 38.0 Å². The Morgan fingerprint density at radius 2 is 1.71 bits per heavy atom. The van der Waals surface area contributed by atoms with Crippen molar-refractivity contribution in [2.24, 2.45) is 16.7 Å². The fourth-order valence-electron chi connectivity index (χ4n) is 7.03. The van der Waals surface area contributed by atoms with E-state index in [1.54, 1.807) is 20.8 Å². The average Bonchev–Trinajstić information content (AvgIpc) is 2.71. The molecular formula is C24H34O10. The monoisotopic (exact) mass is 482 g/mol. The molecule has 10 heteroatoms. The van der Waals surface area contributed by atoms with E-state index < -0.39 is 76.2 Å². The van der Waals surface area contributed by atoms with Crippen molar-refractivity contribution >= 4 is 17.7 Å². The molecule has 4 aliphatic rings. The van der Waals surface area contributed by atoms with Crippen LogP contribution in [0.5, 0.6) is 0 Å². The molecule has 0 unspecified atom stereocenters. The number of rotatable bonds is 2. The number of carbonyl (C=O) groups excluding carboxylic acids is 3. The molecule has 1 aliphatic heterocycles. The first-order valence-electron chi connectivity index (χ1n) is 11.6. The molecule has 190 valence electrons. The van der Waals surface area contributed by atoms with Crippen LogP contribution in [0.3, 0.4) is 0 Å². The molecule has 34 heavy (non-hydrogen) atoms. The van der Waals surface area contributed by atoms with E-state index >= 15 is 0 Å². The fraction of sp³-hybridized carbons (Fsp3) is 0.792.